The smallest absolute Gasteiger partial charge is 0.232 e. The Balaban J connectivity index is 1.61. The van der Waals surface area contributed by atoms with Gasteiger partial charge in [0.1, 0.15) is 0 Å². The summed E-state index contributed by atoms with van der Waals surface area (Å²) >= 11 is 0. The molecule has 0 aliphatic heterocycles. The van der Waals surface area contributed by atoms with Crippen LogP contribution < -0.4 is 5.32 Å². The van der Waals surface area contributed by atoms with Crippen LogP contribution in [0, 0.1) is 0 Å². The molecule has 0 radical (unpaired) electrons. The lowest BCUT2D eigenvalue weighted by Crippen LogP contribution is -2.33. The third-order valence-electron chi connectivity index (χ3n) is 6.03. The van der Waals surface area contributed by atoms with E-state index in [1.165, 1.54) is 36.0 Å². The summed E-state index contributed by atoms with van der Waals surface area (Å²) in [6, 6.07) is 27.0. The summed E-state index contributed by atoms with van der Waals surface area (Å²) < 4.78 is 0. The Kier molecular flexibility index (Phi) is 6.09. The topological polar surface area (TPSA) is 29.1 Å². The minimum Gasteiger partial charge on any atom is -0.348 e. The molecule has 3 aromatic rings. The second kappa shape index (κ2) is 9.09. The molecule has 0 spiro atoms. The molecular weight excluding hydrogens is 354 g/mol. The van der Waals surface area contributed by atoms with E-state index in [2.05, 4.69) is 30.4 Å². The first-order chi connectivity index (χ1) is 14.3. The van der Waals surface area contributed by atoms with Crippen molar-refractivity contribution in [3.05, 3.63) is 107 Å². The van der Waals surface area contributed by atoms with Gasteiger partial charge in [-0.3, -0.25) is 4.79 Å². The Labute approximate surface area is 174 Å². The van der Waals surface area contributed by atoms with Gasteiger partial charge >= 0.3 is 0 Å². The van der Waals surface area contributed by atoms with Crippen molar-refractivity contribution in [3.63, 3.8) is 0 Å². The summed E-state index contributed by atoms with van der Waals surface area (Å²) in [5.74, 6) is -0.240. The number of benzene rings is 3. The van der Waals surface area contributed by atoms with Crippen LogP contribution in [0.5, 0.6) is 0 Å². The predicted molar refractivity (Wildman–Crippen MR) is 119 cm³/mol. The van der Waals surface area contributed by atoms with Crippen molar-refractivity contribution in [2.24, 2.45) is 0 Å². The van der Waals surface area contributed by atoms with Crippen molar-refractivity contribution in [3.8, 4) is 0 Å². The molecule has 1 amide bonds. The number of hydrogen-bond acceptors (Lipinski definition) is 1. The van der Waals surface area contributed by atoms with Gasteiger partial charge in [-0.15, -0.1) is 0 Å². The van der Waals surface area contributed by atoms with E-state index < -0.39 is 0 Å². The van der Waals surface area contributed by atoms with Crippen LogP contribution in [0.2, 0.25) is 0 Å². The zero-order valence-electron chi connectivity index (χ0n) is 17.1. The number of rotatable bonds is 6. The summed E-state index contributed by atoms with van der Waals surface area (Å²) in [7, 11) is 0. The summed E-state index contributed by atoms with van der Waals surface area (Å²) in [5, 5.41) is 3.35. The summed E-state index contributed by atoms with van der Waals surface area (Å²) in [4.78, 5) is 13.5. The van der Waals surface area contributed by atoms with Crippen LogP contribution in [0.25, 0.3) is 0 Å². The number of amides is 1. The van der Waals surface area contributed by atoms with E-state index in [1.54, 1.807) is 0 Å². The third-order valence-corrected chi connectivity index (χ3v) is 6.03. The second-order valence-corrected chi connectivity index (χ2v) is 7.96. The fourth-order valence-corrected chi connectivity index (χ4v) is 4.43. The van der Waals surface area contributed by atoms with E-state index in [-0.39, 0.29) is 17.9 Å². The Bertz CT molecular complexity index is 909. The van der Waals surface area contributed by atoms with Gasteiger partial charge in [0.25, 0.3) is 0 Å². The average Bonchev–Trinajstić information content (AvgIpc) is 2.79. The molecule has 29 heavy (non-hydrogen) atoms. The first kappa shape index (κ1) is 19.4. The minimum absolute atomic E-state index is 0.0321. The SMILES string of the molecule is CCC(NC(=O)C(c1ccccc1)c1ccccc1)c1ccc2c(c1)CCCC2. The molecule has 1 atom stereocenters. The number of aryl methyl sites for hydroxylation is 2. The number of carbonyl (C=O) groups is 1. The second-order valence-electron chi connectivity index (χ2n) is 7.96. The van der Waals surface area contributed by atoms with Gasteiger partial charge in [0.05, 0.1) is 12.0 Å². The van der Waals surface area contributed by atoms with Crippen LogP contribution in [0.4, 0.5) is 0 Å². The quantitative estimate of drug-likeness (QED) is 0.559. The highest BCUT2D eigenvalue weighted by atomic mass is 16.1. The van der Waals surface area contributed by atoms with E-state index in [0.29, 0.717) is 0 Å². The fraction of sp³-hybridized carbons (Fsp3) is 0.296. The van der Waals surface area contributed by atoms with Crippen LogP contribution >= 0.6 is 0 Å². The summed E-state index contributed by atoms with van der Waals surface area (Å²) in [5.41, 5.74) is 6.21. The van der Waals surface area contributed by atoms with Crippen molar-refractivity contribution in [1.29, 1.82) is 0 Å². The maximum absolute atomic E-state index is 13.5. The first-order valence-corrected chi connectivity index (χ1v) is 10.8. The van der Waals surface area contributed by atoms with Gasteiger partial charge < -0.3 is 5.32 Å². The van der Waals surface area contributed by atoms with Crippen molar-refractivity contribution >= 4 is 5.91 Å². The van der Waals surface area contributed by atoms with Crippen LogP contribution in [0.3, 0.4) is 0 Å². The maximum Gasteiger partial charge on any atom is 0.232 e. The predicted octanol–water partition coefficient (Wildman–Crippen LogP) is 5.96. The van der Waals surface area contributed by atoms with Crippen molar-refractivity contribution in [2.45, 2.75) is 51.0 Å². The molecule has 0 aromatic heterocycles. The van der Waals surface area contributed by atoms with Crippen LogP contribution in [0.15, 0.2) is 78.9 Å². The Morgan fingerprint density at radius 1 is 0.793 bits per heavy atom. The lowest BCUT2D eigenvalue weighted by Gasteiger charge is -2.25. The molecule has 3 aromatic carbocycles. The monoisotopic (exact) mass is 383 g/mol. The normalized spacial score (nSPS) is 14.3. The molecule has 1 unspecified atom stereocenters. The number of nitrogens with one attached hydrogen (secondary N) is 1. The van der Waals surface area contributed by atoms with Gasteiger partial charge in [-0.25, -0.2) is 0 Å². The molecule has 1 N–H and O–H groups in total. The van der Waals surface area contributed by atoms with Crippen molar-refractivity contribution in [2.75, 3.05) is 0 Å². The van der Waals surface area contributed by atoms with E-state index in [9.17, 15) is 4.79 Å². The van der Waals surface area contributed by atoms with E-state index in [1.807, 2.05) is 60.7 Å². The van der Waals surface area contributed by atoms with Gasteiger partial charge in [0.2, 0.25) is 5.91 Å². The fourth-order valence-electron chi connectivity index (χ4n) is 4.43. The largest absolute Gasteiger partial charge is 0.348 e. The average molecular weight is 384 g/mol. The zero-order chi connectivity index (χ0) is 20.1. The maximum atomic E-state index is 13.5. The molecule has 2 heteroatoms. The standard InChI is InChI=1S/C27H29NO/c1-2-25(24-18-17-20-11-9-10-16-23(20)19-24)28-27(29)26(21-12-5-3-6-13-21)22-14-7-4-8-15-22/h3-8,12-15,17-19,25-26H,2,9-11,16H2,1H3,(H,28,29). The molecule has 0 bridgehead atoms. The van der Waals surface area contributed by atoms with Gasteiger partial charge in [0.15, 0.2) is 0 Å². The highest BCUT2D eigenvalue weighted by Gasteiger charge is 2.25. The van der Waals surface area contributed by atoms with E-state index >= 15 is 0 Å². The van der Waals surface area contributed by atoms with Gasteiger partial charge in [-0.2, -0.15) is 0 Å². The van der Waals surface area contributed by atoms with E-state index in [4.69, 9.17) is 0 Å². The van der Waals surface area contributed by atoms with Gasteiger partial charge in [-0.05, 0) is 59.9 Å². The molecule has 0 saturated carbocycles. The molecule has 2 nitrogen and oxygen atoms in total. The highest BCUT2D eigenvalue weighted by Crippen LogP contribution is 2.29. The number of fused-ring (bicyclic) bond motifs is 1. The molecular formula is C27H29NO. The van der Waals surface area contributed by atoms with Crippen molar-refractivity contribution in [1.82, 2.24) is 5.32 Å². The highest BCUT2D eigenvalue weighted by molar-refractivity contribution is 5.87. The lowest BCUT2D eigenvalue weighted by atomic mass is 9.88. The molecule has 0 heterocycles. The van der Waals surface area contributed by atoms with E-state index in [0.717, 1.165) is 24.0 Å². The molecule has 4 rings (SSSR count). The lowest BCUT2D eigenvalue weighted by molar-refractivity contribution is -0.122. The Hall–Kier alpha value is -2.87. The number of carbonyl (C=O) groups excluding carboxylic acids is 1. The van der Waals surface area contributed by atoms with Crippen LogP contribution in [-0.4, -0.2) is 5.91 Å². The molecule has 148 valence electrons. The Morgan fingerprint density at radius 3 is 1.97 bits per heavy atom. The summed E-state index contributed by atoms with van der Waals surface area (Å²) in [6.07, 6.45) is 5.77. The Morgan fingerprint density at radius 2 is 1.38 bits per heavy atom. The zero-order valence-corrected chi connectivity index (χ0v) is 17.1. The van der Waals surface area contributed by atoms with Gasteiger partial charge in [0, 0.05) is 0 Å². The van der Waals surface area contributed by atoms with Gasteiger partial charge in [-0.1, -0.05) is 85.8 Å². The van der Waals surface area contributed by atoms with Crippen LogP contribution in [0.1, 0.15) is 66.0 Å². The third kappa shape index (κ3) is 4.42. The first-order valence-electron chi connectivity index (χ1n) is 10.8. The molecule has 0 saturated heterocycles. The minimum atomic E-state index is -0.302. The summed E-state index contributed by atoms with van der Waals surface area (Å²) in [6.45, 7) is 2.14. The molecule has 1 aliphatic carbocycles. The molecule has 0 fully saturated rings. The van der Waals surface area contributed by atoms with Crippen LogP contribution in [-0.2, 0) is 17.6 Å². The molecule has 1 aliphatic rings. The number of hydrogen-bond donors (Lipinski definition) is 1. The van der Waals surface area contributed by atoms with Crippen molar-refractivity contribution < 1.29 is 4.79 Å².